The maximum atomic E-state index is 11.9. The molecule has 26 heavy (non-hydrogen) atoms. The summed E-state index contributed by atoms with van der Waals surface area (Å²) in [6.07, 6.45) is 0.142. The third-order valence-electron chi connectivity index (χ3n) is 3.77. The Morgan fingerprint density at radius 1 is 0.923 bits per heavy atom. The molecule has 0 unspecified atom stereocenters. The van der Waals surface area contributed by atoms with Crippen LogP contribution in [0, 0.1) is 6.92 Å². The maximum absolute atomic E-state index is 11.9. The summed E-state index contributed by atoms with van der Waals surface area (Å²) in [5, 5.41) is 2.70. The van der Waals surface area contributed by atoms with E-state index >= 15 is 0 Å². The molecule has 0 saturated carbocycles. The van der Waals surface area contributed by atoms with Gasteiger partial charge in [0.15, 0.2) is 18.1 Å². The second-order valence-corrected chi connectivity index (χ2v) is 5.79. The van der Waals surface area contributed by atoms with Crippen molar-refractivity contribution in [3.63, 3.8) is 0 Å². The fourth-order valence-corrected chi connectivity index (χ4v) is 2.31. The number of methoxy groups -OCH3 is 2. The molecule has 0 bridgehead atoms. The van der Waals surface area contributed by atoms with Crippen molar-refractivity contribution in [1.29, 1.82) is 0 Å². The highest BCUT2D eigenvalue weighted by atomic mass is 16.5. The van der Waals surface area contributed by atoms with Crippen molar-refractivity contribution in [2.24, 2.45) is 0 Å². The van der Waals surface area contributed by atoms with Gasteiger partial charge in [-0.1, -0.05) is 35.9 Å². The van der Waals surface area contributed by atoms with E-state index in [1.54, 1.807) is 26.4 Å². The van der Waals surface area contributed by atoms with Gasteiger partial charge < -0.3 is 19.5 Å². The zero-order chi connectivity index (χ0) is 18.9. The lowest BCUT2D eigenvalue weighted by Gasteiger charge is -2.10. The molecular formula is C20H23NO5. The van der Waals surface area contributed by atoms with E-state index in [0.29, 0.717) is 18.0 Å². The van der Waals surface area contributed by atoms with Crippen LogP contribution in [0.25, 0.3) is 0 Å². The number of amides is 1. The lowest BCUT2D eigenvalue weighted by molar-refractivity contribution is -0.147. The minimum absolute atomic E-state index is 0.142. The van der Waals surface area contributed by atoms with Crippen LogP contribution in [-0.2, 0) is 27.3 Å². The molecule has 1 N–H and O–H groups in total. The number of hydrogen-bond acceptors (Lipinski definition) is 5. The van der Waals surface area contributed by atoms with Crippen LogP contribution in [0.1, 0.15) is 16.7 Å². The second kappa shape index (κ2) is 9.46. The molecule has 0 heterocycles. The molecule has 0 aliphatic carbocycles. The molecule has 138 valence electrons. The maximum Gasteiger partial charge on any atom is 0.310 e. The highest BCUT2D eigenvalue weighted by molar-refractivity contribution is 5.81. The number of rotatable bonds is 8. The molecule has 0 fully saturated rings. The van der Waals surface area contributed by atoms with E-state index in [0.717, 1.165) is 16.7 Å². The number of aryl methyl sites for hydroxylation is 1. The van der Waals surface area contributed by atoms with Gasteiger partial charge in [-0.3, -0.25) is 9.59 Å². The molecule has 2 aromatic carbocycles. The van der Waals surface area contributed by atoms with E-state index in [4.69, 9.17) is 14.2 Å². The van der Waals surface area contributed by atoms with Crippen molar-refractivity contribution in [2.75, 3.05) is 20.8 Å². The Bertz CT molecular complexity index is 755. The van der Waals surface area contributed by atoms with E-state index in [1.165, 1.54) is 0 Å². The molecule has 0 aliphatic rings. The Balaban J connectivity index is 1.76. The molecule has 6 heteroatoms. The van der Waals surface area contributed by atoms with Crippen LogP contribution in [0.4, 0.5) is 0 Å². The Morgan fingerprint density at radius 3 is 2.23 bits per heavy atom. The van der Waals surface area contributed by atoms with E-state index in [9.17, 15) is 9.59 Å². The second-order valence-electron chi connectivity index (χ2n) is 5.79. The van der Waals surface area contributed by atoms with Crippen LogP contribution in [0.15, 0.2) is 42.5 Å². The van der Waals surface area contributed by atoms with Gasteiger partial charge in [-0.2, -0.15) is 0 Å². The van der Waals surface area contributed by atoms with Gasteiger partial charge in [0.1, 0.15) is 0 Å². The van der Waals surface area contributed by atoms with Gasteiger partial charge in [-0.25, -0.2) is 0 Å². The molecule has 1 amide bonds. The smallest absolute Gasteiger partial charge is 0.310 e. The molecule has 2 aromatic rings. The van der Waals surface area contributed by atoms with Gasteiger partial charge in [0.2, 0.25) is 0 Å². The molecule has 2 rings (SSSR count). The number of carbonyl (C=O) groups is 2. The van der Waals surface area contributed by atoms with Crippen LogP contribution < -0.4 is 14.8 Å². The first kappa shape index (κ1) is 19.3. The summed E-state index contributed by atoms with van der Waals surface area (Å²) in [6, 6.07) is 13.0. The summed E-state index contributed by atoms with van der Waals surface area (Å²) in [7, 11) is 3.11. The number of benzene rings is 2. The molecule has 0 aromatic heterocycles. The molecule has 0 saturated heterocycles. The number of esters is 1. The third-order valence-corrected chi connectivity index (χ3v) is 3.77. The monoisotopic (exact) mass is 357 g/mol. The highest BCUT2D eigenvalue weighted by Crippen LogP contribution is 2.27. The molecule has 0 spiro atoms. The summed E-state index contributed by atoms with van der Waals surface area (Å²) in [5.74, 6) is 0.406. The average molecular weight is 357 g/mol. The Labute approximate surface area is 153 Å². The highest BCUT2D eigenvalue weighted by Gasteiger charge is 2.10. The van der Waals surface area contributed by atoms with E-state index in [-0.39, 0.29) is 18.9 Å². The topological polar surface area (TPSA) is 73.9 Å². The quantitative estimate of drug-likeness (QED) is 0.735. The molecule has 6 nitrogen and oxygen atoms in total. The Hall–Kier alpha value is -3.02. The normalized spacial score (nSPS) is 10.1. The van der Waals surface area contributed by atoms with Gasteiger partial charge in [0.25, 0.3) is 5.91 Å². The zero-order valence-corrected chi connectivity index (χ0v) is 15.2. The van der Waals surface area contributed by atoms with Gasteiger partial charge in [0, 0.05) is 6.54 Å². The first-order chi connectivity index (χ1) is 12.5. The first-order valence-electron chi connectivity index (χ1n) is 8.20. The van der Waals surface area contributed by atoms with Crippen LogP contribution >= 0.6 is 0 Å². The predicted octanol–water partition coefficient (Wildman–Crippen LogP) is 2.41. The van der Waals surface area contributed by atoms with Gasteiger partial charge in [-0.15, -0.1) is 0 Å². The number of ether oxygens (including phenoxy) is 3. The summed E-state index contributed by atoms with van der Waals surface area (Å²) >= 11 is 0. The summed E-state index contributed by atoms with van der Waals surface area (Å²) in [5.41, 5.74) is 2.82. The van der Waals surface area contributed by atoms with E-state index in [2.05, 4.69) is 5.32 Å². The van der Waals surface area contributed by atoms with Crippen molar-refractivity contribution in [3.05, 3.63) is 59.2 Å². The van der Waals surface area contributed by atoms with Crippen molar-refractivity contribution in [3.8, 4) is 11.5 Å². The van der Waals surface area contributed by atoms with Crippen LogP contribution in [0.2, 0.25) is 0 Å². The van der Waals surface area contributed by atoms with Crippen molar-refractivity contribution < 1.29 is 23.8 Å². The van der Waals surface area contributed by atoms with Crippen molar-refractivity contribution in [2.45, 2.75) is 19.9 Å². The zero-order valence-electron chi connectivity index (χ0n) is 15.2. The summed E-state index contributed by atoms with van der Waals surface area (Å²) < 4.78 is 15.4. The number of nitrogens with one attached hydrogen (secondary N) is 1. The molecule has 0 radical (unpaired) electrons. The summed E-state index contributed by atoms with van der Waals surface area (Å²) in [4.78, 5) is 23.6. The SMILES string of the molecule is COc1ccc(CNC(=O)COC(=O)Cc2ccc(C)cc2)cc1OC. The first-order valence-corrected chi connectivity index (χ1v) is 8.20. The Morgan fingerprint density at radius 2 is 1.58 bits per heavy atom. The average Bonchev–Trinajstić information content (AvgIpc) is 2.66. The summed E-state index contributed by atoms with van der Waals surface area (Å²) in [6.45, 7) is 1.97. The minimum atomic E-state index is -0.435. The fraction of sp³-hybridized carbons (Fsp3) is 0.300. The Kier molecular flexibility index (Phi) is 7.02. The number of hydrogen-bond donors (Lipinski definition) is 1. The van der Waals surface area contributed by atoms with E-state index in [1.807, 2.05) is 37.3 Å². The lowest BCUT2D eigenvalue weighted by Crippen LogP contribution is -2.28. The van der Waals surface area contributed by atoms with Crippen LogP contribution in [0.3, 0.4) is 0 Å². The van der Waals surface area contributed by atoms with Crippen molar-refractivity contribution in [1.82, 2.24) is 5.32 Å². The predicted molar refractivity (Wildman–Crippen MR) is 97.2 cm³/mol. The largest absolute Gasteiger partial charge is 0.493 e. The van der Waals surface area contributed by atoms with Gasteiger partial charge >= 0.3 is 5.97 Å². The van der Waals surface area contributed by atoms with Gasteiger partial charge in [-0.05, 0) is 30.2 Å². The van der Waals surface area contributed by atoms with Crippen molar-refractivity contribution >= 4 is 11.9 Å². The molecule has 0 atom stereocenters. The fourth-order valence-electron chi connectivity index (χ4n) is 2.31. The van der Waals surface area contributed by atoms with Gasteiger partial charge in [0.05, 0.1) is 20.6 Å². The molecular weight excluding hydrogens is 334 g/mol. The third kappa shape index (κ3) is 5.81. The lowest BCUT2D eigenvalue weighted by atomic mass is 10.1. The van der Waals surface area contributed by atoms with Crippen LogP contribution in [-0.4, -0.2) is 32.7 Å². The van der Waals surface area contributed by atoms with E-state index < -0.39 is 5.97 Å². The number of carbonyl (C=O) groups excluding carboxylic acids is 2. The van der Waals surface area contributed by atoms with Crippen LogP contribution in [0.5, 0.6) is 11.5 Å². The minimum Gasteiger partial charge on any atom is -0.493 e. The standard InChI is InChI=1S/C20H23NO5/c1-14-4-6-15(7-5-14)11-20(23)26-13-19(22)21-12-16-8-9-17(24-2)18(10-16)25-3/h4-10H,11-13H2,1-3H3,(H,21,22). The molecule has 0 aliphatic heterocycles.